The van der Waals surface area contributed by atoms with Gasteiger partial charge in [0.1, 0.15) is 5.75 Å². The van der Waals surface area contributed by atoms with Crippen LogP contribution < -0.4 is 10.5 Å². The Kier molecular flexibility index (Phi) is 6.81. The van der Waals surface area contributed by atoms with Crippen LogP contribution in [0.2, 0.25) is 0 Å². The topological polar surface area (TPSA) is 35.2 Å². The second-order valence-electron chi connectivity index (χ2n) is 4.99. The van der Waals surface area contributed by atoms with E-state index in [1.807, 2.05) is 0 Å². The van der Waals surface area contributed by atoms with E-state index in [4.69, 9.17) is 10.5 Å². The van der Waals surface area contributed by atoms with Crippen LogP contribution in [0.4, 0.5) is 0 Å². The zero-order valence-electron chi connectivity index (χ0n) is 12.0. The fourth-order valence-corrected chi connectivity index (χ4v) is 2.03. The minimum absolute atomic E-state index is 0.227. The summed E-state index contributed by atoms with van der Waals surface area (Å²) in [5.74, 6) is 1.05. The number of unbranched alkanes of at least 4 members (excludes halogenated alkanes) is 2. The molecule has 0 spiro atoms. The van der Waals surface area contributed by atoms with E-state index in [-0.39, 0.29) is 6.04 Å². The summed E-state index contributed by atoms with van der Waals surface area (Å²) in [6, 6.07) is 6.56. The monoisotopic (exact) mass is 249 g/mol. The van der Waals surface area contributed by atoms with Crippen molar-refractivity contribution in [2.45, 2.75) is 58.9 Å². The van der Waals surface area contributed by atoms with Gasteiger partial charge in [0.15, 0.2) is 0 Å². The van der Waals surface area contributed by atoms with Crippen molar-refractivity contribution in [3.8, 4) is 5.75 Å². The van der Waals surface area contributed by atoms with E-state index in [9.17, 15) is 0 Å². The maximum Gasteiger partial charge on any atom is 0.125 e. The van der Waals surface area contributed by atoms with E-state index in [2.05, 4.69) is 39.0 Å². The van der Waals surface area contributed by atoms with Gasteiger partial charge in [-0.3, -0.25) is 0 Å². The molecule has 1 aromatic carbocycles. The van der Waals surface area contributed by atoms with Gasteiger partial charge >= 0.3 is 0 Å². The fourth-order valence-electron chi connectivity index (χ4n) is 2.03. The number of aryl methyl sites for hydroxylation is 1. The van der Waals surface area contributed by atoms with E-state index in [0.29, 0.717) is 0 Å². The highest BCUT2D eigenvalue weighted by Gasteiger charge is 2.10. The SMILES string of the molecule is CCCCCOc1c(C)cccc1CC(N)CC. The maximum atomic E-state index is 6.04. The summed E-state index contributed by atoms with van der Waals surface area (Å²) in [7, 11) is 0. The molecule has 0 amide bonds. The molecule has 1 unspecified atom stereocenters. The van der Waals surface area contributed by atoms with Gasteiger partial charge in [-0.1, -0.05) is 44.9 Å². The number of rotatable bonds is 8. The van der Waals surface area contributed by atoms with Crippen LogP contribution in [0.1, 0.15) is 50.7 Å². The second kappa shape index (κ2) is 8.15. The number of benzene rings is 1. The number of ether oxygens (including phenoxy) is 1. The molecule has 0 fully saturated rings. The number of hydrogen-bond donors (Lipinski definition) is 1. The smallest absolute Gasteiger partial charge is 0.125 e. The van der Waals surface area contributed by atoms with Crippen molar-refractivity contribution < 1.29 is 4.74 Å². The standard InChI is InChI=1S/C16H27NO/c1-4-6-7-11-18-16-13(3)9-8-10-14(16)12-15(17)5-2/h8-10,15H,4-7,11-12,17H2,1-3H3. The summed E-state index contributed by atoms with van der Waals surface area (Å²) in [6.45, 7) is 7.25. The van der Waals surface area contributed by atoms with Gasteiger partial charge in [0.25, 0.3) is 0 Å². The molecule has 0 aliphatic heterocycles. The van der Waals surface area contributed by atoms with Gasteiger partial charge in [0.2, 0.25) is 0 Å². The molecule has 0 heterocycles. The Morgan fingerprint density at radius 3 is 2.67 bits per heavy atom. The molecule has 0 saturated carbocycles. The third-order valence-corrected chi connectivity index (χ3v) is 3.29. The highest BCUT2D eigenvalue weighted by Crippen LogP contribution is 2.25. The van der Waals surface area contributed by atoms with Gasteiger partial charge in [0, 0.05) is 6.04 Å². The van der Waals surface area contributed by atoms with Crippen LogP contribution in [0.5, 0.6) is 5.75 Å². The van der Waals surface area contributed by atoms with Gasteiger partial charge in [-0.15, -0.1) is 0 Å². The molecule has 1 atom stereocenters. The summed E-state index contributed by atoms with van der Waals surface area (Å²) in [4.78, 5) is 0. The molecule has 1 aromatic rings. The number of nitrogens with two attached hydrogens (primary N) is 1. The highest BCUT2D eigenvalue weighted by molar-refractivity contribution is 5.41. The Morgan fingerprint density at radius 2 is 2.00 bits per heavy atom. The molecule has 102 valence electrons. The highest BCUT2D eigenvalue weighted by atomic mass is 16.5. The van der Waals surface area contributed by atoms with Crippen molar-refractivity contribution in [2.24, 2.45) is 5.73 Å². The van der Waals surface area contributed by atoms with Gasteiger partial charge in [-0.25, -0.2) is 0 Å². The average Bonchev–Trinajstić information content (AvgIpc) is 2.37. The minimum Gasteiger partial charge on any atom is -0.493 e. The van der Waals surface area contributed by atoms with Crippen LogP contribution in [0, 0.1) is 6.92 Å². The van der Waals surface area contributed by atoms with Crippen molar-refractivity contribution in [3.63, 3.8) is 0 Å². The maximum absolute atomic E-state index is 6.04. The van der Waals surface area contributed by atoms with Crippen LogP contribution in [-0.4, -0.2) is 12.6 Å². The van der Waals surface area contributed by atoms with Crippen LogP contribution in [0.3, 0.4) is 0 Å². The van der Waals surface area contributed by atoms with E-state index in [0.717, 1.165) is 31.6 Å². The Hall–Kier alpha value is -1.02. The second-order valence-corrected chi connectivity index (χ2v) is 4.99. The number of hydrogen-bond acceptors (Lipinski definition) is 2. The van der Waals surface area contributed by atoms with Gasteiger partial charge in [-0.05, 0) is 37.3 Å². The molecular weight excluding hydrogens is 222 g/mol. The molecule has 0 aliphatic rings. The van der Waals surface area contributed by atoms with E-state index in [1.54, 1.807) is 0 Å². The predicted molar refractivity (Wildman–Crippen MR) is 78.2 cm³/mol. The summed E-state index contributed by atoms with van der Waals surface area (Å²) in [5, 5.41) is 0. The zero-order chi connectivity index (χ0) is 13.4. The summed E-state index contributed by atoms with van der Waals surface area (Å²) < 4.78 is 5.96. The summed E-state index contributed by atoms with van der Waals surface area (Å²) in [5.41, 5.74) is 8.51. The Bertz CT molecular complexity index is 349. The van der Waals surface area contributed by atoms with Crippen molar-refractivity contribution in [1.82, 2.24) is 0 Å². The largest absolute Gasteiger partial charge is 0.493 e. The predicted octanol–water partition coefficient (Wildman–Crippen LogP) is 3.84. The third kappa shape index (κ3) is 4.69. The van der Waals surface area contributed by atoms with Crippen molar-refractivity contribution >= 4 is 0 Å². The van der Waals surface area contributed by atoms with Crippen molar-refractivity contribution in [1.29, 1.82) is 0 Å². The summed E-state index contributed by atoms with van der Waals surface area (Å²) in [6.07, 6.45) is 5.50. The number of para-hydroxylation sites is 1. The molecule has 2 nitrogen and oxygen atoms in total. The Morgan fingerprint density at radius 1 is 1.22 bits per heavy atom. The fraction of sp³-hybridized carbons (Fsp3) is 0.625. The Balaban J connectivity index is 2.67. The Labute approximate surface area is 112 Å². The quantitative estimate of drug-likeness (QED) is 0.710. The van der Waals surface area contributed by atoms with E-state index < -0.39 is 0 Å². The minimum atomic E-state index is 0.227. The molecule has 0 saturated heterocycles. The molecule has 0 radical (unpaired) electrons. The lowest BCUT2D eigenvalue weighted by Gasteiger charge is -2.16. The average molecular weight is 249 g/mol. The normalized spacial score (nSPS) is 12.4. The molecule has 0 aliphatic carbocycles. The molecule has 1 rings (SSSR count). The lowest BCUT2D eigenvalue weighted by atomic mass is 10.0. The lowest BCUT2D eigenvalue weighted by Crippen LogP contribution is -2.22. The first-order valence-electron chi connectivity index (χ1n) is 7.15. The van der Waals surface area contributed by atoms with Crippen molar-refractivity contribution in [3.05, 3.63) is 29.3 Å². The van der Waals surface area contributed by atoms with E-state index in [1.165, 1.54) is 24.0 Å². The summed E-state index contributed by atoms with van der Waals surface area (Å²) >= 11 is 0. The van der Waals surface area contributed by atoms with E-state index >= 15 is 0 Å². The first-order valence-corrected chi connectivity index (χ1v) is 7.15. The zero-order valence-corrected chi connectivity index (χ0v) is 12.0. The van der Waals surface area contributed by atoms with Gasteiger partial charge in [-0.2, -0.15) is 0 Å². The molecule has 0 aromatic heterocycles. The van der Waals surface area contributed by atoms with Gasteiger partial charge in [0.05, 0.1) is 6.61 Å². The van der Waals surface area contributed by atoms with Crippen molar-refractivity contribution in [2.75, 3.05) is 6.61 Å². The van der Waals surface area contributed by atoms with Crippen LogP contribution >= 0.6 is 0 Å². The van der Waals surface area contributed by atoms with Crippen LogP contribution in [0.15, 0.2) is 18.2 Å². The first-order chi connectivity index (χ1) is 8.69. The van der Waals surface area contributed by atoms with Crippen LogP contribution in [-0.2, 0) is 6.42 Å². The lowest BCUT2D eigenvalue weighted by molar-refractivity contribution is 0.300. The molecule has 0 bridgehead atoms. The molecular formula is C16H27NO. The molecule has 2 heteroatoms. The molecule has 18 heavy (non-hydrogen) atoms. The first kappa shape index (κ1) is 15.0. The van der Waals surface area contributed by atoms with Gasteiger partial charge < -0.3 is 10.5 Å². The molecule has 2 N–H and O–H groups in total. The third-order valence-electron chi connectivity index (χ3n) is 3.29. The van der Waals surface area contributed by atoms with Crippen LogP contribution in [0.25, 0.3) is 0 Å².